The van der Waals surface area contributed by atoms with Crippen LogP contribution >= 0.6 is 0 Å². The molecule has 0 N–H and O–H groups in total. The molecule has 0 aliphatic carbocycles. The van der Waals surface area contributed by atoms with Gasteiger partial charge in [-0.3, -0.25) is 14.5 Å². The summed E-state index contributed by atoms with van der Waals surface area (Å²) in [5.41, 5.74) is 0. The minimum Gasteiger partial charge on any atom is -0.492 e. The molecule has 0 aromatic heterocycles. The summed E-state index contributed by atoms with van der Waals surface area (Å²) in [6.45, 7) is 8.08. The van der Waals surface area contributed by atoms with Gasteiger partial charge in [0.2, 0.25) is 11.8 Å². The van der Waals surface area contributed by atoms with Gasteiger partial charge in [0.05, 0.1) is 5.92 Å². The van der Waals surface area contributed by atoms with Gasteiger partial charge in [-0.05, 0) is 25.5 Å². The molecule has 0 spiro atoms. The molecule has 142 valence electrons. The molecule has 6 nitrogen and oxygen atoms in total. The Morgan fingerprint density at radius 2 is 1.88 bits per heavy atom. The third-order valence-electron chi connectivity index (χ3n) is 5.33. The van der Waals surface area contributed by atoms with Gasteiger partial charge in [0.1, 0.15) is 12.4 Å². The maximum absolute atomic E-state index is 12.8. The second-order valence-corrected chi connectivity index (χ2v) is 7.00. The van der Waals surface area contributed by atoms with Gasteiger partial charge in [-0.15, -0.1) is 0 Å². The predicted octanol–water partition coefficient (Wildman–Crippen LogP) is 1.47. The molecule has 1 aromatic carbocycles. The summed E-state index contributed by atoms with van der Waals surface area (Å²) < 4.78 is 5.75. The molecule has 1 aromatic rings. The second-order valence-electron chi connectivity index (χ2n) is 7.00. The lowest BCUT2D eigenvalue weighted by atomic mass is 9.95. The van der Waals surface area contributed by atoms with Crippen LogP contribution < -0.4 is 4.74 Å². The topological polar surface area (TPSA) is 53.1 Å². The van der Waals surface area contributed by atoms with Crippen molar-refractivity contribution >= 4 is 11.8 Å². The van der Waals surface area contributed by atoms with E-state index in [4.69, 9.17) is 4.74 Å². The highest BCUT2D eigenvalue weighted by molar-refractivity contribution is 5.84. The average molecular weight is 359 g/mol. The number of piperazine rings is 1. The van der Waals surface area contributed by atoms with Crippen LogP contribution in [0.4, 0.5) is 0 Å². The summed E-state index contributed by atoms with van der Waals surface area (Å²) >= 11 is 0. The van der Waals surface area contributed by atoms with Crippen LogP contribution in [0.2, 0.25) is 0 Å². The lowest BCUT2D eigenvalue weighted by Crippen LogP contribution is -2.53. The van der Waals surface area contributed by atoms with Crippen LogP contribution in [-0.2, 0) is 9.59 Å². The Balaban J connectivity index is 1.39. The van der Waals surface area contributed by atoms with E-state index in [1.54, 1.807) is 0 Å². The maximum Gasteiger partial charge on any atom is 0.227 e. The van der Waals surface area contributed by atoms with Crippen LogP contribution in [-0.4, -0.2) is 78.9 Å². The van der Waals surface area contributed by atoms with Crippen molar-refractivity contribution in [2.75, 3.05) is 52.4 Å². The zero-order valence-corrected chi connectivity index (χ0v) is 15.6. The lowest BCUT2D eigenvalue weighted by molar-refractivity contribution is -0.144. The number of ether oxygens (including phenoxy) is 1. The van der Waals surface area contributed by atoms with Gasteiger partial charge in [0, 0.05) is 52.2 Å². The molecule has 0 radical (unpaired) electrons. The number of likely N-dealkylation sites (tertiary alicyclic amines) is 1. The first-order chi connectivity index (χ1) is 12.7. The predicted molar refractivity (Wildman–Crippen MR) is 99.9 cm³/mol. The zero-order chi connectivity index (χ0) is 18.4. The van der Waals surface area contributed by atoms with Crippen molar-refractivity contribution in [3.63, 3.8) is 0 Å². The number of carbonyl (C=O) groups excluding carboxylic acids is 2. The van der Waals surface area contributed by atoms with E-state index < -0.39 is 0 Å². The molecule has 2 aliphatic rings. The first-order valence-electron chi connectivity index (χ1n) is 9.64. The smallest absolute Gasteiger partial charge is 0.227 e. The normalized spacial score (nSPS) is 21.7. The van der Waals surface area contributed by atoms with E-state index >= 15 is 0 Å². The molecule has 3 rings (SSSR count). The zero-order valence-electron chi connectivity index (χ0n) is 15.6. The second kappa shape index (κ2) is 9.03. The molecule has 1 atom stereocenters. The van der Waals surface area contributed by atoms with Crippen molar-refractivity contribution in [3.8, 4) is 5.75 Å². The van der Waals surface area contributed by atoms with Crippen LogP contribution in [0.1, 0.15) is 19.8 Å². The van der Waals surface area contributed by atoms with Crippen molar-refractivity contribution in [2.24, 2.45) is 5.92 Å². The van der Waals surface area contributed by atoms with E-state index in [9.17, 15) is 9.59 Å². The van der Waals surface area contributed by atoms with Crippen molar-refractivity contribution in [1.82, 2.24) is 14.7 Å². The number of carbonyl (C=O) groups is 2. The summed E-state index contributed by atoms with van der Waals surface area (Å²) in [5, 5.41) is 0. The molecule has 0 bridgehead atoms. The molecular weight excluding hydrogens is 330 g/mol. The lowest BCUT2D eigenvalue weighted by Gasteiger charge is -2.38. The quantitative estimate of drug-likeness (QED) is 0.772. The van der Waals surface area contributed by atoms with E-state index in [1.807, 2.05) is 47.1 Å². The summed E-state index contributed by atoms with van der Waals surface area (Å²) in [5.74, 6) is 1.27. The fraction of sp³-hybridized carbons (Fsp3) is 0.600. The van der Waals surface area contributed by atoms with Gasteiger partial charge < -0.3 is 14.5 Å². The van der Waals surface area contributed by atoms with E-state index in [2.05, 4.69) is 4.90 Å². The number of para-hydroxylation sites is 1. The van der Waals surface area contributed by atoms with Gasteiger partial charge in [-0.25, -0.2) is 0 Å². The molecule has 2 heterocycles. The van der Waals surface area contributed by atoms with Crippen molar-refractivity contribution in [1.29, 1.82) is 0 Å². The average Bonchev–Trinajstić information content (AvgIpc) is 2.69. The Bertz CT molecular complexity index is 600. The standard InChI is InChI=1S/C20H29N3O3/c1-2-22-16-17(8-9-19(22)24)20(25)23-12-10-21(11-13-23)14-15-26-18-6-4-3-5-7-18/h3-7,17H,2,8-16H2,1H3/t17-/m0/s1. The van der Waals surface area contributed by atoms with E-state index in [-0.39, 0.29) is 17.7 Å². The van der Waals surface area contributed by atoms with Crippen molar-refractivity contribution in [2.45, 2.75) is 19.8 Å². The van der Waals surface area contributed by atoms with Crippen LogP contribution in [0.25, 0.3) is 0 Å². The number of hydrogen-bond acceptors (Lipinski definition) is 4. The molecule has 2 fully saturated rings. The Kier molecular flexibility index (Phi) is 6.50. The van der Waals surface area contributed by atoms with Crippen molar-refractivity contribution in [3.05, 3.63) is 30.3 Å². The van der Waals surface area contributed by atoms with Gasteiger partial charge in [0.25, 0.3) is 0 Å². The molecule has 26 heavy (non-hydrogen) atoms. The van der Waals surface area contributed by atoms with Crippen LogP contribution in [0.5, 0.6) is 5.75 Å². The number of benzene rings is 1. The Morgan fingerprint density at radius 3 is 2.58 bits per heavy atom. The Hall–Kier alpha value is -2.08. The minimum atomic E-state index is -0.0272. The molecular formula is C20H29N3O3. The largest absolute Gasteiger partial charge is 0.492 e. The molecule has 0 unspecified atom stereocenters. The van der Waals surface area contributed by atoms with Gasteiger partial charge in [-0.1, -0.05) is 18.2 Å². The van der Waals surface area contributed by atoms with Gasteiger partial charge in [-0.2, -0.15) is 0 Å². The highest BCUT2D eigenvalue weighted by Crippen LogP contribution is 2.20. The van der Waals surface area contributed by atoms with E-state index in [0.29, 0.717) is 32.5 Å². The number of nitrogens with zero attached hydrogens (tertiary/aromatic N) is 3. The summed E-state index contributed by atoms with van der Waals surface area (Å²) in [4.78, 5) is 30.7. The molecule has 0 saturated carbocycles. The van der Waals surface area contributed by atoms with Crippen LogP contribution in [0.15, 0.2) is 30.3 Å². The summed E-state index contributed by atoms with van der Waals surface area (Å²) in [7, 11) is 0. The summed E-state index contributed by atoms with van der Waals surface area (Å²) in [6.07, 6.45) is 1.19. The Morgan fingerprint density at radius 1 is 1.15 bits per heavy atom. The molecule has 6 heteroatoms. The van der Waals surface area contributed by atoms with Crippen LogP contribution in [0.3, 0.4) is 0 Å². The van der Waals surface area contributed by atoms with Crippen LogP contribution in [0, 0.1) is 5.92 Å². The summed E-state index contributed by atoms with van der Waals surface area (Å²) in [6, 6.07) is 9.84. The minimum absolute atomic E-state index is 0.0272. The number of piperidine rings is 1. The van der Waals surface area contributed by atoms with Crippen molar-refractivity contribution < 1.29 is 14.3 Å². The first kappa shape index (κ1) is 18.7. The SMILES string of the molecule is CCN1C[C@@H](C(=O)N2CCN(CCOc3ccccc3)CC2)CCC1=O. The number of rotatable bonds is 6. The fourth-order valence-corrected chi connectivity index (χ4v) is 3.68. The maximum atomic E-state index is 12.8. The Labute approximate surface area is 155 Å². The monoisotopic (exact) mass is 359 g/mol. The third kappa shape index (κ3) is 4.75. The highest BCUT2D eigenvalue weighted by Gasteiger charge is 2.33. The third-order valence-corrected chi connectivity index (χ3v) is 5.33. The first-order valence-corrected chi connectivity index (χ1v) is 9.64. The number of hydrogen-bond donors (Lipinski definition) is 0. The number of amides is 2. The van der Waals surface area contributed by atoms with E-state index in [1.165, 1.54) is 0 Å². The van der Waals surface area contributed by atoms with E-state index in [0.717, 1.165) is 38.5 Å². The van der Waals surface area contributed by atoms with Gasteiger partial charge in [0.15, 0.2) is 0 Å². The van der Waals surface area contributed by atoms with Gasteiger partial charge >= 0.3 is 0 Å². The molecule has 2 aliphatic heterocycles. The molecule has 2 amide bonds. The fourth-order valence-electron chi connectivity index (χ4n) is 3.68. The molecule has 2 saturated heterocycles. The highest BCUT2D eigenvalue weighted by atomic mass is 16.5.